The van der Waals surface area contributed by atoms with Gasteiger partial charge < -0.3 is 20.2 Å². The van der Waals surface area contributed by atoms with Gasteiger partial charge in [0.15, 0.2) is 0 Å². The zero-order chi connectivity index (χ0) is 22.3. The maximum absolute atomic E-state index is 12.6. The number of carboxylic acids is 1. The number of aliphatic carboxylic acids is 1. The third kappa shape index (κ3) is 4.81. The number of anilines is 2. The normalized spacial score (nSPS) is 17.4. The highest BCUT2D eigenvalue weighted by atomic mass is 16.4. The largest absolute Gasteiger partial charge is 0.480 e. The molecule has 1 atom stereocenters. The predicted octanol–water partition coefficient (Wildman–Crippen LogP) is 3.35. The molecule has 0 radical (unpaired) electrons. The molecule has 1 saturated heterocycles. The number of rotatable bonds is 4. The lowest BCUT2D eigenvalue weighted by molar-refractivity contribution is -0.136. The van der Waals surface area contributed by atoms with Crippen LogP contribution in [0.5, 0.6) is 0 Å². The van der Waals surface area contributed by atoms with Gasteiger partial charge in [0.1, 0.15) is 6.54 Å². The van der Waals surface area contributed by atoms with Gasteiger partial charge in [0, 0.05) is 37.6 Å². The number of carbonyl (C=O) groups is 2. The van der Waals surface area contributed by atoms with E-state index in [1.54, 1.807) is 6.07 Å². The molecule has 0 saturated carbocycles. The SMILES string of the molecule is O=C(O)CN1C(=O)C(c2ccccc2)c2ccccc21.c1ccc(N2CCNCC2)cc1. The Morgan fingerprint density at radius 2 is 1.47 bits per heavy atom. The number of amides is 1. The first-order valence-corrected chi connectivity index (χ1v) is 10.8. The second-order valence-electron chi connectivity index (χ2n) is 7.79. The number of nitrogens with one attached hydrogen (secondary N) is 1. The molecule has 164 valence electrons. The van der Waals surface area contributed by atoms with Gasteiger partial charge in [-0.25, -0.2) is 0 Å². The van der Waals surface area contributed by atoms with E-state index in [4.69, 9.17) is 5.11 Å². The predicted molar refractivity (Wildman–Crippen MR) is 126 cm³/mol. The van der Waals surface area contributed by atoms with Gasteiger partial charge in [-0.2, -0.15) is 0 Å². The standard InChI is InChI=1S/C16H13NO3.C10H14N2/c18-14(19)10-17-13-9-5-4-8-12(13)15(16(17)20)11-6-2-1-3-7-11;1-2-4-10(5-3-1)12-8-6-11-7-9-12/h1-9,15H,10H2,(H,18,19);1-5,11H,6-9H2. The minimum absolute atomic E-state index is 0.181. The number of carbonyl (C=O) groups excluding carboxylic acids is 1. The highest BCUT2D eigenvalue weighted by Gasteiger charge is 2.38. The first-order chi connectivity index (χ1) is 15.6. The molecular formula is C26H27N3O3. The van der Waals surface area contributed by atoms with Crippen molar-refractivity contribution in [2.75, 3.05) is 42.5 Å². The summed E-state index contributed by atoms with van der Waals surface area (Å²) in [6.45, 7) is 4.16. The minimum Gasteiger partial charge on any atom is -0.480 e. The van der Waals surface area contributed by atoms with Crippen LogP contribution >= 0.6 is 0 Å². The number of benzene rings is 3. The molecule has 0 aliphatic carbocycles. The van der Waals surface area contributed by atoms with E-state index in [2.05, 4.69) is 40.5 Å². The highest BCUT2D eigenvalue weighted by molar-refractivity contribution is 6.09. The summed E-state index contributed by atoms with van der Waals surface area (Å²) in [5.74, 6) is -1.60. The van der Waals surface area contributed by atoms with E-state index in [1.807, 2.05) is 48.5 Å². The van der Waals surface area contributed by atoms with E-state index in [9.17, 15) is 9.59 Å². The number of hydrogen-bond donors (Lipinski definition) is 2. The topological polar surface area (TPSA) is 72.9 Å². The van der Waals surface area contributed by atoms with Crippen LogP contribution in [0.3, 0.4) is 0 Å². The first kappa shape index (κ1) is 21.6. The van der Waals surface area contributed by atoms with Crippen LogP contribution in [0.1, 0.15) is 17.0 Å². The molecule has 2 aliphatic rings. The van der Waals surface area contributed by atoms with Crippen molar-refractivity contribution < 1.29 is 14.7 Å². The monoisotopic (exact) mass is 429 g/mol. The first-order valence-electron chi connectivity index (χ1n) is 10.8. The Hall–Kier alpha value is -3.64. The third-order valence-electron chi connectivity index (χ3n) is 5.72. The van der Waals surface area contributed by atoms with Gasteiger partial charge in [0.2, 0.25) is 5.91 Å². The second-order valence-corrected chi connectivity index (χ2v) is 7.79. The maximum atomic E-state index is 12.6. The summed E-state index contributed by atoms with van der Waals surface area (Å²) >= 11 is 0. The number of fused-ring (bicyclic) bond motifs is 1. The van der Waals surface area contributed by atoms with Crippen molar-refractivity contribution in [3.8, 4) is 0 Å². The van der Waals surface area contributed by atoms with Gasteiger partial charge in [0.25, 0.3) is 0 Å². The summed E-state index contributed by atoms with van der Waals surface area (Å²) in [6.07, 6.45) is 0. The van der Waals surface area contributed by atoms with E-state index in [1.165, 1.54) is 10.6 Å². The van der Waals surface area contributed by atoms with E-state index in [-0.39, 0.29) is 12.5 Å². The van der Waals surface area contributed by atoms with Gasteiger partial charge in [-0.1, -0.05) is 66.7 Å². The van der Waals surface area contributed by atoms with E-state index >= 15 is 0 Å². The average Bonchev–Trinajstić information content (AvgIpc) is 3.12. The fourth-order valence-corrected chi connectivity index (χ4v) is 4.21. The molecular weight excluding hydrogens is 402 g/mol. The van der Waals surface area contributed by atoms with Crippen LogP contribution in [0.4, 0.5) is 11.4 Å². The summed E-state index contributed by atoms with van der Waals surface area (Å²) in [4.78, 5) is 27.3. The minimum atomic E-state index is -1.01. The summed E-state index contributed by atoms with van der Waals surface area (Å²) in [6, 6.07) is 27.4. The number of hydrogen-bond acceptors (Lipinski definition) is 4. The van der Waals surface area contributed by atoms with E-state index < -0.39 is 11.9 Å². The molecule has 6 nitrogen and oxygen atoms in total. The van der Waals surface area contributed by atoms with Gasteiger partial charge in [0.05, 0.1) is 5.92 Å². The van der Waals surface area contributed by atoms with E-state index in [0.29, 0.717) is 5.69 Å². The second kappa shape index (κ2) is 10.1. The summed E-state index contributed by atoms with van der Waals surface area (Å²) < 4.78 is 0. The van der Waals surface area contributed by atoms with Gasteiger partial charge in [-0.05, 0) is 29.3 Å². The van der Waals surface area contributed by atoms with Crippen molar-refractivity contribution in [1.82, 2.24) is 5.32 Å². The summed E-state index contributed by atoms with van der Waals surface area (Å²) in [5.41, 5.74) is 3.79. The molecule has 32 heavy (non-hydrogen) atoms. The Morgan fingerprint density at radius 3 is 2.12 bits per heavy atom. The highest BCUT2D eigenvalue weighted by Crippen LogP contribution is 2.40. The fourth-order valence-electron chi connectivity index (χ4n) is 4.21. The van der Waals surface area contributed by atoms with Crippen LogP contribution in [-0.2, 0) is 9.59 Å². The molecule has 0 bridgehead atoms. The molecule has 0 spiro atoms. The maximum Gasteiger partial charge on any atom is 0.323 e. The molecule has 3 aromatic carbocycles. The Morgan fingerprint density at radius 1 is 0.875 bits per heavy atom. The molecule has 2 N–H and O–H groups in total. The zero-order valence-electron chi connectivity index (χ0n) is 17.9. The molecule has 6 heteroatoms. The van der Waals surface area contributed by atoms with Crippen LogP contribution in [0.2, 0.25) is 0 Å². The molecule has 0 aromatic heterocycles. The smallest absolute Gasteiger partial charge is 0.323 e. The molecule has 2 aliphatic heterocycles. The van der Waals surface area contributed by atoms with Crippen molar-refractivity contribution in [2.24, 2.45) is 0 Å². The van der Waals surface area contributed by atoms with Crippen molar-refractivity contribution >= 4 is 23.3 Å². The quantitative estimate of drug-likeness (QED) is 0.666. The van der Waals surface area contributed by atoms with E-state index in [0.717, 1.165) is 37.3 Å². The Bertz CT molecular complexity index is 1050. The Labute approximate surface area is 188 Å². The Kier molecular flexibility index (Phi) is 6.82. The van der Waals surface area contributed by atoms with Gasteiger partial charge in [-0.15, -0.1) is 0 Å². The number of piperazine rings is 1. The average molecular weight is 430 g/mol. The van der Waals surface area contributed by atoms with Crippen molar-refractivity contribution in [1.29, 1.82) is 0 Å². The van der Waals surface area contributed by atoms with Crippen LogP contribution < -0.4 is 15.1 Å². The zero-order valence-corrected chi connectivity index (χ0v) is 17.9. The molecule has 2 heterocycles. The van der Waals surface area contributed by atoms with Gasteiger partial charge >= 0.3 is 5.97 Å². The molecule has 3 aromatic rings. The van der Waals surface area contributed by atoms with Crippen LogP contribution in [0, 0.1) is 0 Å². The van der Waals surface area contributed by atoms with Gasteiger partial charge in [-0.3, -0.25) is 9.59 Å². The lowest BCUT2D eigenvalue weighted by Gasteiger charge is -2.29. The molecule has 1 fully saturated rings. The summed E-state index contributed by atoms with van der Waals surface area (Å²) in [7, 11) is 0. The Balaban J connectivity index is 0.000000174. The summed E-state index contributed by atoms with van der Waals surface area (Å²) in [5, 5.41) is 12.3. The van der Waals surface area contributed by atoms with Crippen LogP contribution in [-0.4, -0.2) is 49.7 Å². The number of para-hydroxylation sites is 2. The van der Waals surface area contributed by atoms with Crippen LogP contribution in [0.25, 0.3) is 0 Å². The van der Waals surface area contributed by atoms with Crippen molar-refractivity contribution in [3.05, 3.63) is 96.1 Å². The number of carboxylic acid groups (broad SMARTS) is 1. The van der Waals surface area contributed by atoms with Crippen molar-refractivity contribution in [2.45, 2.75) is 5.92 Å². The molecule has 1 amide bonds. The molecule has 1 unspecified atom stereocenters. The fraction of sp³-hybridized carbons (Fsp3) is 0.231. The van der Waals surface area contributed by atoms with Crippen molar-refractivity contribution in [3.63, 3.8) is 0 Å². The lowest BCUT2D eigenvalue weighted by Crippen LogP contribution is -2.43. The van der Waals surface area contributed by atoms with Crippen LogP contribution in [0.15, 0.2) is 84.9 Å². The number of nitrogens with zero attached hydrogens (tertiary/aromatic N) is 2. The third-order valence-corrected chi connectivity index (χ3v) is 5.72. The lowest BCUT2D eigenvalue weighted by atomic mass is 9.93. The molecule has 5 rings (SSSR count).